The fourth-order valence-corrected chi connectivity index (χ4v) is 9.82. The van der Waals surface area contributed by atoms with Crippen molar-refractivity contribution in [2.45, 2.75) is 45.7 Å². The second-order valence-corrected chi connectivity index (χ2v) is 14.2. The molecule has 3 nitrogen and oxygen atoms in total. The van der Waals surface area contributed by atoms with Crippen LogP contribution in [0.2, 0.25) is 38.8 Å². The van der Waals surface area contributed by atoms with Gasteiger partial charge in [-0.15, -0.1) is 0 Å². The van der Waals surface area contributed by atoms with E-state index >= 15 is 0 Å². The summed E-state index contributed by atoms with van der Waals surface area (Å²) in [5.74, 6) is -0.822. The van der Waals surface area contributed by atoms with Crippen LogP contribution in [-0.2, 0) is 8.91 Å². The highest BCUT2D eigenvalue weighted by atomic mass is 28.4. The number of allylic oxidation sites excluding steroid dienone is 1. The molecule has 15 heavy (non-hydrogen) atoms. The normalized spacial score (nSPS) is 14.1. The second kappa shape index (κ2) is 5.09. The van der Waals surface area contributed by atoms with Gasteiger partial charge in [-0.05, 0) is 45.7 Å². The van der Waals surface area contributed by atoms with Gasteiger partial charge in [0.1, 0.15) is 0 Å². The van der Waals surface area contributed by atoms with Gasteiger partial charge in [0.25, 0.3) is 0 Å². The largest absolute Gasteiger partial charge is 0.478 e. The molecule has 0 aromatic heterocycles. The number of carboxylic acid groups (broad SMARTS) is 1. The van der Waals surface area contributed by atoms with Crippen LogP contribution in [0.4, 0.5) is 0 Å². The monoisotopic (exact) mass is 246 g/mol. The Bertz CT molecular complexity index is 264. The molecule has 0 aliphatic heterocycles. The Morgan fingerprint density at radius 3 is 2.00 bits per heavy atom. The van der Waals surface area contributed by atoms with E-state index in [4.69, 9.17) is 9.22 Å². The summed E-state index contributed by atoms with van der Waals surface area (Å²) in [4.78, 5) is 10.9. The summed E-state index contributed by atoms with van der Waals surface area (Å²) in [6.45, 7) is 12.3. The molecule has 0 aromatic rings. The minimum absolute atomic E-state index is 0.477. The first-order valence-corrected chi connectivity index (χ1v) is 11.7. The van der Waals surface area contributed by atoms with Crippen molar-refractivity contribution in [3.63, 3.8) is 0 Å². The number of aliphatic carboxylic acids is 1. The van der Waals surface area contributed by atoms with Crippen LogP contribution in [0, 0.1) is 0 Å². The van der Waals surface area contributed by atoms with Gasteiger partial charge in [-0.3, -0.25) is 0 Å². The van der Waals surface area contributed by atoms with Crippen molar-refractivity contribution in [1.29, 1.82) is 0 Å². The lowest BCUT2D eigenvalue weighted by Gasteiger charge is -2.31. The van der Waals surface area contributed by atoms with E-state index in [1.807, 2.05) is 0 Å². The van der Waals surface area contributed by atoms with Gasteiger partial charge < -0.3 is 9.22 Å². The summed E-state index contributed by atoms with van der Waals surface area (Å²) >= 11 is 0. The lowest BCUT2D eigenvalue weighted by molar-refractivity contribution is -0.132. The number of hydrogen-bond donors (Lipinski definition) is 1. The predicted octanol–water partition coefficient (Wildman–Crippen LogP) is 3.07. The van der Waals surface area contributed by atoms with Crippen LogP contribution in [0.5, 0.6) is 0 Å². The van der Waals surface area contributed by atoms with Crippen LogP contribution in [0.25, 0.3) is 0 Å². The zero-order chi connectivity index (χ0) is 12.3. The Morgan fingerprint density at radius 1 is 1.27 bits per heavy atom. The van der Waals surface area contributed by atoms with Crippen molar-refractivity contribution >= 4 is 22.6 Å². The van der Waals surface area contributed by atoms with E-state index in [0.29, 0.717) is 11.6 Å². The summed E-state index contributed by atoms with van der Waals surface area (Å²) in [5, 5.41) is 8.94. The molecule has 0 aliphatic rings. The van der Waals surface area contributed by atoms with Gasteiger partial charge in [0.15, 0.2) is 16.6 Å². The third kappa shape index (κ3) is 6.64. The minimum atomic E-state index is -1.87. The van der Waals surface area contributed by atoms with E-state index < -0.39 is 22.6 Å². The standard InChI is InChI=1S/C10H22O3Si2/c1-7-9(10(11)12)8-15(5,6)13-14(2,3)4/h7H,8H2,1-6H3,(H,11,12). The zero-order valence-electron chi connectivity index (χ0n) is 10.5. The molecule has 0 heterocycles. The van der Waals surface area contributed by atoms with E-state index in [0.717, 1.165) is 0 Å². The van der Waals surface area contributed by atoms with Crippen molar-refractivity contribution < 1.29 is 14.0 Å². The average Bonchev–Trinajstić information content (AvgIpc) is 1.94. The van der Waals surface area contributed by atoms with Gasteiger partial charge in [-0.25, -0.2) is 4.79 Å². The van der Waals surface area contributed by atoms with Crippen LogP contribution < -0.4 is 0 Å². The lowest BCUT2D eigenvalue weighted by atomic mass is 10.3. The van der Waals surface area contributed by atoms with Gasteiger partial charge in [0.2, 0.25) is 0 Å². The van der Waals surface area contributed by atoms with Gasteiger partial charge >= 0.3 is 5.97 Å². The molecule has 0 amide bonds. The van der Waals surface area contributed by atoms with Crippen molar-refractivity contribution in [2.75, 3.05) is 0 Å². The Morgan fingerprint density at radius 2 is 1.73 bits per heavy atom. The maximum Gasteiger partial charge on any atom is 0.331 e. The fourth-order valence-electron chi connectivity index (χ4n) is 1.62. The molecule has 0 bridgehead atoms. The maximum atomic E-state index is 10.9. The number of carbonyl (C=O) groups is 1. The van der Waals surface area contributed by atoms with E-state index in [-0.39, 0.29) is 0 Å². The van der Waals surface area contributed by atoms with Crippen LogP contribution in [0.15, 0.2) is 11.6 Å². The molecular weight excluding hydrogens is 224 g/mol. The molecule has 0 radical (unpaired) electrons. The molecule has 5 heteroatoms. The molecule has 0 aromatic carbocycles. The number of carboxylic acids is 1. The summed E-state index contributed by atoms with van der Waals surface area (Å²) < 4.78 is 6.08. The molecule has 1 N–H and O–H groups in total. The zero-order valence-corrected chi connectivity index (χ0v) is 12.5. The van der Waals surface area contributed by atoms with E-state index in [2.05, 4.69) is 32.7 Å². The fraction of sp³-hybridized carbons (Fsp3) is 0.700. The smallest absolute Gasteiger partial charge is 0.331 e. The van der Waals surface area contributed by atoms with Gasteiger partial charge in [0.05, 0.1) is 0 Å². The van der Waals surface area contributed by atoms with Crippen LogP contribution in [0.3, 0.4) is 0 Å². The Hall–Kier alpha value is -0.396. The molecule has 0 atom stereocenters. The quantitative estimate of drug-likeness (QED) is 0.599. The van der Waals surface area contributed by atoms with Crippen LogP contribution in [0.1, 0.15) is 6.92 Å². The highest BCUT2D eigenvalue weighted by Gasteiger charge is 2.31. The third-order valence-electron chi connectivity index (χ3n) is 1.82. The molecule has 0 saturated heterocycles. The summed E-state index contributed by atoms with van der Waals surface area (Å²) in [5.41, 5.74) is 0.477. The lowest BCUT2D eigenvalue weighted by Crippen LogP contribution is -2.42. The first-order valence-electron chi connectivity index (χ1n) is 5.16. The molecule has 0 rings (SSSR count). The highest BCUT2D eigenvalue weighted by Crippen LogP contribution is 2.22. The molecule has 0 fully saturated rings. The molecule has 0 spiro atoms. The van der Waals surface area contributed by atoms with E-state index in [9.17, 15) is 4.79 Å². The molecular formula is C10H22O3Si2. The first kappa shape index (κ1) is 14.6. The molecule has 0 unspecified atom stereocenters. The molecule has 88 valence electrons. The summed E-state index contributed by atoms with van der Waals surface area (Å²) in [6.07, 6.45) is 1.67. The Balaban J connectivity index is 4.57. The number of rotatable bonds is 5. The van der Waals surface area contributed by atoms with Crippen molar-refractivity contribution in [2.24, 2.45) is 0 Å². The topological polar surface area (TPSA) is 46.5 Å². The first-order chi connectivity index (χ1) is 6.57. The Kier molecular flexibility index (Phi) is 4.96. The third-order valence-corrected chi connectivity index (χ3v) is 7.71. The second-order valence-electron chi connectivity index (χ2n) is 5.27. The average molecular weight is 246 g/mol. The minimum Gasteiger partial charge on any atom is -0.478 e. The van der Waals surface area contributed by atoms with Gasteiger partial charge in [0, 0.05) is 5.57 Å². The van der Waals surface area contributed by atoms with Gasteiger partial charge in [-0.2, -0.15) is 0 Å². The predicted molar refractivity (Wildman–Crippen MR) is 68.1 cm³/mol. The maximum absolute atomic E-state index is 10.9. The van der Waals surface area contributed by atoms with Crippen molar-refractivity contribution in [3.8, 4) is 0 Å². The van der Waals surface area contributed by atoms with E-state index in [1.54, 1.807) is 13.0 Å². The van der Waals surface area contributed by atoms with Crippen LogP contribution in [-0.4, -0.2) is 27.7 Å². The van der Waals surface area contributed by atoms with Crippen molar-refractivity contribution in [1.82, 2.24) is 0 Å². The van der Waals surface area contributed by atoms with Gasteiger partial charge in [-0.1, -0.05) is 6.08 Å². The summed E-state index contributed by atoms with van der Waals surface area (Å²) in [7, 11) is -3.44. The van der Waals surface area contributed by atoms with Crippen molar-refractivity contribution in [3.05, 3.63) is 11.6 Å². The molecule has 0 saturated carbocycles. The van der Waals surface area contributed by atoms with E-state index in [1.165, 1.54) is 0 Å². The Labute approximate surface area is 94.4 Å². The number of hydrogen-bond acceptors (Lipinski definition) is 2. The summed E-state index contributed by atoms with van der Waals surface area (Å²) in [6, 6.07) is 0.586. The highest BCUT2D eigenvalue weighted by molar-refractivity contribution is 6.84. The van der Waals surface area contributed by atoms with Crippen LogP contribution >= 0.6 is 0 Å². The SMILES string of the molecule is CC=C(C[Si](C)(C)O[Si](C)(C)C)C(=O)O. The molecule has 0 aliphatic carbocycles.